The molecule has 1 amide bonds. The summed E-state index contributed by atoms with van der Waals surface area (Å²) in [6, 6.07) is 7.90. The molecule has 1 aromatic rings. The number of nitrogens with zero attached hydrogens (tertiary/aromatic N) is 1. The van der Waals surface area contributed by atoms with Crippen molar-refractivity contribution in [1.29, 1.82) is 0 Å². The molecule has 0 saturated heterocycles. The van der Waals surface area contributed by atoms with Crippen LogP contribution in [0.4, 0.5) is 0 Å². The number of hydrogen-bond donors (Lipinski definition) is 1. The van der Waals surface area contributed by atoms with Crippen LogP contribution in [0.25, 0.3) is 0 Å². The lowest BCUT2D eigenvalue weighted by atomic mass is 10.0. The first-order valence-corrected chi connectivity index (χ1v) is 6.63. The first kappa shape index (κ1) is 13.7. The van der Waals surface area contributed by atoms with Crippen molar-refractivity contribution in [3.63, 3.8) is 0 Å². The van der Waals surface area contributed by atoms with E-state index in [1.807, 2.05) is 31.2 Å². The molecule has 0 radical (unpaired) electrons. The van der Waals surface area contributed by atoms with Gasteiger partial charge in [0.05, 0.1) is 13.1 Å². The van der Waals surface area contributed by atoms with Crippen LogP contribution in [-0.2, 0) is 4.79 Å². The van der Waals surface area contributed by atoms with Crippen molar-refractivity contribution in [2.45, 2.75) is 25.8 Å². The lowest BCUT2D eigenvalue weighted by molar-refractivity contribution is -0.121. The second kappa shape index (κ2) is 5.97. The molecule has 1 aliphatic carbocycles. The summed E-state index contributed by atoms with van der Waals surface area (Å²) in [7, 11) is 1.79. The number of rotatable bonds is 6. The fourth-order valence-electron chi connectivity index (χ4n) is 2.02. The lowest BCUT2D eigenvalue weighted by Gasteiger charge is -2.16. The van der Waals surface area contributed by atoms with Crippen molar-refractivity contribution >= 4 is 11.7 Å². The summed E-state index contributed by atoms with van der Waals surface area (Å²) in [5, 5.41) is 2.92. The number of benzene rings is 1. The first-order valence-electron chi connectivity index (χ1n) is 6.63. The van der Waals surface area contributed by atoms with Gasteiger partial charge in [-0.05, 0) is 32.4 Å². The van der Waals surface area contributed by atoms with Crippen LogP contribution in [0.2, 0.25) is 0 Å². The van der Waals surface area contributed by atoms with E-state index in [2.05, 4.69) is 5.32 Å². The summed E-state index contributed by atoms with van der Waals surface area (Å²) in [4.78, 5) is 25.5. The number of hydrogen-bond acceptors (Lipinski definition) is 3. The van der Waals surface area contributed by atoms with Gasteiger partial charge < -0.3 is 5.32 Å². The van der Waals surface area contributed by atoms with Crippen molar-refractivity contribution in [1.82, 2.24) is 10.2 Å². The van der Waals surface area contributed by atoms with Crippen LogP contribution < -0.4 is 5.32 Å². The Hall–Kier alpha value is -1.68. The minimum Gasteiger partial charge on any atom is -0.352 e. The van der Waals surface area contributed by atoms with Crippen LogP contribution in [-0.4, -0.2) is 42.8 Å². The van der Waals surface area contributed by atoms with E-state index in [-0.39, 0.29) is 24.8 Å². The van der Waals surface area contributed by atoms with Crippen LogP contribution in [0, 0.1) is 6.92 Å². The molecule has 0 spiro atoms. The standard InChI is InChI=1S/C15H20N2O2/c1-11-5-3-4-6-13(11)14(18)9-17(2)10-15(19)16-12-7-8-12/h3-6,12H,7-10H2,1-2H3,(H,16,19). The van der Waals surface area contributed by atoms with Crippen molar-refractivity contribution in [3.05, 3.63) is 35.4 Å². The zero-order valence-corrected chi connectivity index (χ0v) is 11.5. The Labute approximate surface area is 113 Å². The van der Waals surface area contributed by atoms with Gasteiger partial charge in [0.1, 0.15) is 0 Å². The van der Waals surface area contributed by atoms with Crippen molar-refractivity contribution in [2.24, 2.45) is 0 Å². The third-order valence-corrected chi connectivity index (χ3v) is 3.21. The number of carbonyl (C=O) groups is 2. The molecule has 0 unspecified atom stereocenters. The van der Waals surface area contributed by atoms with Gasteiger partial charge in [-0.2, -0.15) is 0 Å². The number of ketones is 1. The molecule has 2 rings (SSSR count). The number of nitrogens with one attached hydrogen (secondary N) is 1. The van der Waals surface area contributed by atoms with Crippen LogP contribution in [0.3, 0.4) is 0 Å². The minimum absolute atomic E-state index is 0.00239. The second-order valence-electron chi connectivity index (χ2n) is 5.25. The van der Waals surface area contributed by atoms with Gasteiger partial charge in [-0.25, -0.2) is 0 Å². The first-order chi connectivity index (χ1) is 9.06. The summed E-state index contributed by atoms with van der Waals surface area (Å²) in [5.41, 5.74) is 1.71. The van der Waals surface area contributed by atoms with Crippen LogP contribution in [0.1, 0.15) is 28.8 Å². The number of likely N-dealkylation sites (N-methyl/N-ethyl adjacent to an activating group) is 1. The molecule has 0 aromatic heterocycles. The third kappa shape index (κ3) is 4.17. The predicted molar refractivity (Wildman–Crippen MR) is 74.2 cm³/mol. The minimum atomic E-state index is 0.00239. The Balaban J connectivity index is 1.84. The topological polar surface area (TPSA) is 49.4 Å². The van der Waals surface area contributed by atoms with E-state index >= 15 is 0 Å². The zero-order valence-electron chi connectivity index (χ0n) is 11.5. The highest BCUT2D eigenvalue weighted by atomic mass is 16.2. The molecule has 1 fully saturated rings. The average Bonchev–Trinajstić information content (AvgIpc) is 3.12. The quantitative estimate of drug-likeness (QED) is 0.786. The van der Waals surface area contributed by atoms with Gasteiger partial charge in [0, 0.05) is 11.6 Å². The Bertz CT molecular complexity index is 481. The summed E-state index contributed by atoms with van der Waals surface area (Å²) in [6.07, 6.45) is 2.16. The van der Waals surface area contributed by atoms with Gasteiger partial charge >= 0.3 is 0 Å². The zero-order chi connectivity index (χ0) is 13.8. The molecule has 19 heavy (non-hydrogen) atoms. The van der Waals surface area contributed by atoms with Crippen LogP contribution in [0.5, 0.6) is 0 Å². The maximum absolute atomic E-state index is 12.1. The number of Topliss-reactive ketones (excluding diaryl/α,β-unsaturated/α-hetero) is 1. The van der Waals surface area contributed by atoms with Gasteiger partial charge in [0.15, 0.2) is 5.78 Å². The molecule has 102 valence electrons. The smallest absolute Gasteiger partial charge is 0.234 e. The van der Waals surface area contributed by atoms with Crippen molar-refractivity contribution in [2.75, 3.05) is 20.1 Å². The van der Waals surface area contributed by atoms with Crippen molar-refractivity contribution in [3.8, 4) is 0 Å². The summed E-state index contributed by atoms with van der Waals surface area (Å²) < 4.78 is 0. The normalized spacial score (nSPS) is 14.5. The Kier molecular flexibility index (Phi) is 4.32. The second-order valence-corrected chi connectivity index (χ2v) is 5.25. The van der Waals surface area contributed by atoms with Gasteiger partial charge in [0.2, 0.25) is 5.91 Å². The number of aryl methyl sites for hydroxylation is 1. The molecular formula is C15H20N2O2. The fraction of sp³-hybridized carbons (Fsp3) is 0.467. The van der Waals surface area contributed by atoms with Crippen molar-refractivity contribution < 1.29 is 9.59 Å². The molecule has 1 aromatic carbocycles. The predicted octanol–water partition coefficient (Wildman–Crippen LogP) is 1.39. The number of amides is 1. The Morgan fingerprint density at radius 1 is 1.26 bits per heavy atom. The van der Waals surface area contributed by atoms with Crippen LogP contribution in [0.15, 0.2) is 24.3 Å². The average molecular weight is 260 g/mol. The molecule has 0 heterocycles. The Morgan fingerprint density at radius 2 is 1.95 bits per heavy atom. The van der Waals surface area contributed by atoms with E-state index in [9.17, 15) is 9.59 Å². The van der Waals surface area contributed by atoms with Gasteiger partial charge in [-0.15, -0.1) is 0 Å². The third-order valence-electron chi connectivity index (χ3n) is 3.21. The summed E-state index contributed by atoms with van der Waals surface area (Å²) in [5.74, 6) is 0.0578. The summed E-state index contributed by atoms with van der Waals surface area (Å²) in [6.45, 7) is 2.46. The maximum Gasteiger partial charge on any atom is 0.234 e. The monoisotopic (exact) mass is 260 g/mol. The highest BCUT2D eigenvalue weighted by molar-refractivity contribution is 5.99. The molecule has 4 nitrogen and oxygen atoms in total. The maximum atomic E-state index is 12.1. The van der Waals surface area contributed by atoms with E-state index in [0.717, 1.165) is 24.0 Å². The number of carbonyl (C=O) groups excluding carboxylic acids is 2. The van der Waals surface area contributed by atoms with Crippen LogP contribution >= 0.6 is 0 Å². The molecule has 1 saturated carbocycles. The Morgan fingerprint density at radius 3 is 2.58 bits per heavy atom. The molecule has 4 heteroatoms. The van der Waals surface area contributed by atoms with E-state index in [4.69, 9.17) is 0 Å². The summed E-state index contributed by atoms with van der Waals surface area (Å²) >= 11 is 0. The van der Waals surface area contributed by atoms with Gasteiger partial charge in [-0.1, -0.05) is 24.3 Å². The van der Waals surface area contributed by atoms with Gasteiger partial charge in [0.25, 0.3) is 0 Å². The molecule has 0 bridgehead atoms. The molecule has 1 aliphatic rings. The fourth-order valence-corrected chi connectivity index (χ4v) is 2.02. The van der Waals surface area contributed by atoms with E-state index < -0.39 is 0 Å². The van der Waals surface area contributed by atoms with E-state index in [1.54, 1.807) is 11.9 Å². The largest absolute Gasteiger partial charge is 0.352 e. The lowest BCUT2D eigenvalue weighted by Crippen LogP contribution is -2.38. The van der Waals surface area contributed by atoms with Gasteiger partial charge in [-0.3, -0.25) is 14.5 Å². The highest BCUT2D eigenvalue weighted by Gasteiger charge is 2.23. The molecule has 1 N–H and O–H groups in total. The van der Waals surface area contributed by atoms with E-state index in [0.29, 0.717) is 6.04 Å². The molecule has 0 atom stereocenters. The molecular weight excluding hydrogens is 240 g/mol. The SMILES string of the molecule is Cc1ccccc1C(=O)CN(C)CC(=O)NC1CC1. The molecule has 0 aliphatic heterocycles. The van der Waals surface area contributed by atoms with E-state index in [1.165, 1.54) is 0 Å². The highest BCUT2D eigenvalue weighted by Crippen LogP contribution is 2.18.